The first-order valence-corrected chi connectivity index (χ1v) is 9.57. The van der Waals surface area contributed by atoms with Crippen molar-refractivity contribution >= 4 is 29.7 Å². The zero-order valence-electron chi connectivity index (χ0n) is 16.9. The second kappa shape index (κ2) is 10.7. The van der Waals surface area contributed by atoms with Crippen LogP contribution in [0.4, 0.5) is 0 Å². The molecule has 0 bridgehead atoms. The fraction of sp³-hybridized carbons (Fsp3) is 0.722. The number of carboxylic acid groups (broad SMARTS) is 2. The summed E-state index contributed by atoms with van der Waals surface area (Å²) < 4.78 is 0. The SMILES string of the molecule is CC(N)C(=O)NC(C(=O)N1CCCC1C(=O)NC(CCC(=O)O)C(=O)O)C(C)C. The van der Waals surface area contributed by atoms with E-state index in [2.05, 4.69) is 10.6 Å². The number of hydrogen-bond donors (Lipinski definition) is 5. The van der Waals surface area contributed by atoms with Crippen LogP contribution in [0, 0.1) is 5.92 Å². The number of carboxylic acids is 2. The fourth-order valence-electron chi connectivity index (χ4n) is 3.07. The third-order valence-electron chi connectivity index (χ3n) is 4.74. The molecular weight excluding hydrogens is 384 g/mol. The number of aliphatic carboxylic acids is 2. The van der Waals surface area contributed by atoms with Crippen LogP contribution in [0.5, 0.6) is 0 Å². The van der Waals surface area contributed by atoms with Crippen LogP contribution in [0.2, 0.25) is 0 Å². The van der Waals surface area contributed by atoms with E-state index in [1.54, 1.807) is 13.8 Å². The van der Waals surface area contributed by atoms with E-state index in [9.17, 15) is 29.1 Å². The summed E-state index contributed by atoms with van der Waals surface area (Å²) in [5, 5.41) is 22.9. The molecule has 0 saturated carbocycles. The van der Waals surface area contributed by atoms with Crippen molar-refractivity contribution in [3.63, 3.8) is 0 Å². The van der Waals surface area contributed by atoms with Gasteiger partial charge in [-0.25, -0.2) is 4.79 Å². The van der Waals surface area contributed by atoms with Crippen molar-refractivity contribution in [2.24, 2.45) is 11.7 Å². The quantitative estimate of drug-likeness (QED) is 0.299. The van der Waals surface area contributed by atoms with Crippen molar-refractivity contribution < 1.29 is 34.2 Å². The molecule has 4 unspecified atom stereocenters. The largest absolute Gasteiger partial charge is 0.481 e. The van der Waals surface area contributed by atoms with E-state index in [0.29, 0.717) is 19.4 Å². The number of nitrogens with one attached hydrogen (secondary N) is 2. The van der Waals surface area contributed by atoms with Gasteiger partial charge in [-0.2, -0.15) is 0 Å². The standard InChI is InChI=1S/C18H30N4O7/c1-9(2)14(21-15(25)10(3)19)17(27)22-8-4-5-12(22)16(26)20-11(18(28)29)6-7-13(23)24/h9-12,14H,4-8,19H2,1-3H3,(H,20,26)(H,21,25)(H,23,24)(H,28,29). The number of carbonyl (C=O) groups excluding carboxylic acids is 3. The lowest BCUT2D eigenvalue weighted by Gasteiger charge is -2.31. The zero-order chi connectivity index (χ0) is 22.3. The average Bonchev–Trinajstić information content (AvgIpc) is 3.11. The van der Waals surface area contributed by atoms with Gasteiger partial charge in [0.2, 0.25) is 17.7 Å². The van der Waals surface area contributed by atoms with Crippen LogP contribution in [0.3, 0.4) is 0 Å². The first-order chi connectivity index (χ1) is 13.5. The third kappa shape index (κ3) is 7.00. The number of likely N-dealkylation sites (tertiary alicyclic amines) is 1. The van der Waals surface area contributed by atoms with Crippen molar-refractivity contribution in [2.45, 2.75) is 70.6 Å². The van der Waals surface area contributed by atoms with E-state index >= 15 is 0 Å². The Hall–Kier alpha value is -2.69. The highest BCUT2D eigenvalue weighted by atomic mass is 16.4. The summed E-state index contributed by atoms with van der Waals surface area (Å²) in [6.07, 6.45) is 0.205. The minimum atomic E-state index is -1.37. The minimum absolute atomic E-state index is 0.253. The van der Waals surface area contributed by atoms with Gasteiger partial charge in [-0.05, 0) is 32.1 Å². The van der Waals surface area contributed by atoms with Crippen LogP contribution in [0.25, 0.3) is 0 Å². The van der Waals surface area contributed by atoms with E-state index in [-0.39, 0.29) is 12.3 Å². The lowest BCUT2D eigenvalue weighted by molar-refractivity contribution is -0.145. The molecule has 164 valence electrons. The van der Waals surface area contributed by atoms with Gasteiger partial charge in [0.25, 0.3) is 0 Å². The summed E-state index contributed by atoms with van der Waals surface area (Å²) in [7, 11) is 0. The lowest BCUT2D eigenvalue weighted by atomic mass is 10.0. The van der Waals surface area contributed by atoms with Gasteiger partial charge >= 0.3 is 11.9 Å². The minimum Gasteiger partial charge on any atom is -0.481 e. The highest BCUT2D eigenvalue weighted by molar-refractivity contribution is 5.94. The van der Waals surface area contributed by atoms with E-state index < -0.39 is 60.2 Å². The highest BCUT2D eigenvalue weighted by Crippen LogP contribution is 2.21. The molecule has 0 radical (unpaired) electrons. The van der Waals surface area contributed by atoms with E-state index in [0.717, 1.165) is 0 Å². The number of nitrogens with two attached hydrogens (primary N) is 1. The second-order valence-electron chi connectivity index (χ2n) is 7.54. The molecule has 11 heteroatoms. The molecule has 1 heterocycles. The molecule has 1 aliphatic heterocycles. The molecule has 29 heavy (non-hydrogen) atoms. The molecule has 11 nitrogen and oxygen atoms in total. The van der Waals surface area contributed by atoms with Gasteiger partial charge in [0.15, 0.2) is 0 Å². The first kappa shape index (κ1) is 24.3. The monoisotopic (exact) mass is 414 g/mol. The maximum atomic E-state index is 13.0. The third-order valence-corrected chi connectivity index (χ3v) is 4.74. The van der Waals surface area contributed by atoms with Crippen molar-refractivity contribution in [1.29, 1.82) is 0 Å². The van der Waals surface area contributed by atoms with Crippen molar-refractivity contribution in [3.8, 4) is 0 Å². The molecule has 3 amide bonds. The van der Waals surface area contributed by atoms with E-state index in [1.165, 1.54) is 11.8 Å². The summed E-state index contributed by atoms with van der Waals surface area (Å²) in [5.41, 5.74) is 5.55. The Morgan fingerprint density at radius 2 is 1.72 bits per heavy atom. The highest BCUT2D eigenvalue weighted by Gasteiger charge is 2.39. The zero-order valence-corrected chi connectivity index (χ0v) is 16.9. The normalized spacial score (nSPS) is 19.3. The van der Waals surface area contributed by atoms with Crippen LogP contribution in [-0.4, -0.2) is 75.5 Å². The molecule has 0 aromatic rings. The molecule has 4 atom stereocenters. The van der Waals surface area contributed by atoms with Crippen LogP contribution >= 0.6 is 0 Å². The molecular formula is C18H30N4O7. The topological polar surface area (TPSA) is 179 Å². The Morgan fingerprint density at radius 3 is 2.21 bits per heavy atom. The van der Waals surface area contributed by atoms with Gasteiger partial charge in [-0.15, -0.1) is 0 Å². The summed E-state index contributed by atoms with van der Waals surface area (Å²) in [5.74, 6) is -4.36. The van der Waals surface area contributed by atoms with Gasteiger partial charge in [-0.1, -0.05) is 13.8 Å². The maximum absolute atomic E-state index is 13.0. The number of carbonyl (C=O) groups is 5. The summed E-state index contributed by atoms with van der Waals surface area (Å²) in [6.45, 7) is 5.29. The Balaban J connectivity index is 2.89. The molecule has 1 fully saturated rings. The average molecular weight is 414 g/mol. The van der Waals surface area contributed by atoms with Gasteiger partial charge in [-0.3, -0.25) is 19.2 Å². The number of hydrogen-bond acceptors (Lipinski definition) is 6. The molecule has 1 rings (SSSR count). The Morgan fingerprint density at radius 1 is 1.10 bits per heavy atom. The molecule has 0 spiro atoms. The van der Waals surface area contributed by atoms with Gasteiger partial charge in [0.1, 0.15) is 18.1 Å². The predicted octanol–water partition coefficient (Wildman–Crippen LogP) is -1.10. The number of nitrogens with zero attached hydrogens (tertiary/aromatic N) is 1. The Bertz CT molecular complexity index is 650. The molecule has 0 aromatic carbocycles. The van der Waals surface area contributed by atoms with Crippen LogP contribution < -0.4 is 16.4 Å². The summed E-state index contributed by atoms with van der Waals surface area (Å²) in [4.78, 5) is 60.9. The summed E-state index contributed by atoms with van der Waals surface area (Å²) >= 11 is 0. The fourth-order valence-corrected chi connectivity index (χ4v) is 3.07. The smallest absolute Gasteiger partial charge is 0.326 e. The van der Waals surface area contributed by atoms with Crippen LogP contribution in [-0.2, 0) is 24.0 Å². The van der Waals surface area contributed by atoms with Gasteiger partial charge in [0.05, 0.1) is 6.04 Å². The van der Waals surface area contributed by atoms with Crippen molar-refractivity contribution in [2.75, 3.05) is 6.54 Å². The molecule has 0 aromatic heterocycles. The van der Waals surface area contributed by atoms with Crippen LogP contribution in [0.1, 0.15) is 46.5 Å². The number of rotatable bonds is 10. The van der Waals surface area contributed by atoms with Crippen molar-refractivity contribution in [3.05, 3.63) is 0 Å². The van der Waals surface area contributed by atoms with E-state index in [1.807, 2.05) is 0 Å². The Kier molecular flexibility index (Phi) is 9.02. The maximum Gasteiger partial charge on any atom is 0.326 e. The van der Waals surface area contributed by atoms with Gasteiger partial charge in [0, 0.05) is 13.0 Å². The molecule has 1 saturated heterocycles. The summed E-state index contributed by atoms with van der Waals surface area (Å²) in [6, 6.07) is -3.92. The number of amides is 3. The van der Waals surface area contributed by atoms with Crippen LogP contribution in [0.15, 0.2) is 0 Å². The first-order valence-electron chi connectivity index (χ1n) is 9.57. The molecule has 6 N–H and O–H groups in total. The lowest BCUT2D eigenvalue weighted by Crippen LogP contribution is -2.57. The predicted molar refractivity (Wildman–Crippen MR) is 102 cm³/mol. The van der Waals surface area contributed by atoms with E-state index in [4.69, 9.17) is 10.8 Å². The second-order valence-corrected chi connectivity index (χ2v) is 7.54. The van der Waals surface area contributed by atoms with Gasteiger partial charge < -0.3 is 31.5 Å². The van der Waals surface area contributed by atoms with Crippen molar-refractivity contribution in [1.82, 2.24) is 15.5 Å². The Labute approximate surface area is 169 Å². The molecule has 0 aliphatic carbocycles. The molecule has 1 aliphatic rings.